The van der Waals surface area contributed by atoms with Crippen LogP contribution in [0.15, 0.2) is 0 Å². The van der Waals surface area contributed by atoms with Gasteiger partial charge < -0.3 is 5.32 Å². The summed E-state index contributed by atoms with van der Waals surface area (Å²) in [5.41, 5.74) is 0.378. The van der Waals surface area contributed by atoms with Gasteiger partial charge in [-0.05, 0) is 54.3 Å². The van der Waals surface area contributed by atoms with Gasteiger partial charge in [0.1, 0.15) is 0 Å². The normalized spacial score (nSPS) is 49.7. The molecule has 1 N–H and O–H groups in total. The molecule has 6 atom stereocenters. The summed E-state index contributed by atoms with van der Waals surface area (Å²) in [7, 11) is 0. The molecule has 1 heterocycles. The number of piperazine rings is 1. The Morgan fingerprint density at radius 3 is 2.19 bits per heavy atom. The predicted octanol–water partition coefficient (Wildman–Crippen LogP) is 3.38. The maximum absolute atomic E-state index is 3.87. The van der Waals surface area contributed by atoms with Crippen molar-refractivity contribution in [2.75, 3.05) is 13.1 Å². The Morgan fingerprint density at radius 1 is 1.05 bits per heavy atom. The molecule has 0 aromatic heterocycles. The van der Waals surface area contributed by atoms with E-state index in [1.807, 2.05) is 0 Å². The average Bonchev–Trinajstić information content (AvgIpc) is 2.84. The van der Waals surface area contributed by atoms with Gasteiger partial charge in [0, 0.05) is 31.2 Å². The summed E-state index contributed by atoms with van der Waals surface area (Å²) in [4.78, 5) is 2.97. The third kappa shape index (κ3) is 2.20. The molecule has 1 aliphatic heterocycles. The van der Waals surface area contributed by atoms with Crippen LogP contribution in [0.3, 0.4) is 0 Å². The van der Waals surface area contributed by atoms with Crippen molar-refractivity contribution >= 4 is 0 Å². The third-order valence-corrected chi connectivity index (χ3v) is 7.29. The van der Waals surface area contributed by atoms with Crippen LogP contribution in [0.1, 0.15) is 53.9 Å². The highest BCUT2D eigenvalue weighted by Crippen LogP contribution is 2.67. The largest absolute Gasteiger partial charge is 0.311 e. The van der Waals surface area contributed by atoms with Gasteiger partial charge in [-0.2, -0.15) is 0 Å². The summed E-state index contributed by atoms with van der Waals surface area (Å²) in [5.74, 6) is 5.14. The van der Waals surface area contributed by atoms with Gasteiger partial charge in [0.25, 0.3) is 0 Å². The first-order chi connectivity index (χ1) is 9.88. The second-order valence-corrected chi connectivity index (χ2v) is 9.81. The Kier molecular flexibility index (Phi) is 3.25. The molecule has 4 aliphatic rings. The van der Waals surface area contributed by atoms with Crippen LogP contribution in [0.4, 0.5) is 0 Å². The number of nitrogens with one attached hydrogen (secondary N) is 1. The van der Waals surface area contributed by atoms with Gasteiger partial charge in [-0.1, -0.05) is 34.6 Å². The minimum atomic E-state index is 0.378. The molecule has 2 heteroatoms. The Labute approximate surface area is 131 Å². The first-order valence-corrected chi connectivity index (χ1v) is 9.37. The quantitative estimate of drug-likeness (QED) is 0.839. The lowest BCUT2D eigenvalue weighted by Crippen LogP contribution is -2.62. The molecular weight excluding hydrogens is 256 g/mol. The van der Waals surface area contributed by atoms with E-state index in [1.54, 1.807) is 19.3 Å². The minimum Gasteiger partial charge on any atom is -0.311 e. The Morgan fingerprint density at radius 2 is 1.67 bits per heavy atom. The zero-order valence-electron chi connectivity index (χ0n) is 14.6. The molecule has 120 valence electrons. The summed E-state index contributed by atoms with van der Waals surface area (Å²) in [5, 5.41) is 3.87. The summed E-state index contributed by atoms with van der Waals surface area (Å²) in [6.07, 6.45) is 4.67. The fourth-order valence-corrected chi connectivity index (χ4v) is 6.05. The van der Waals surface area contributed by atoms with Crippen molar-refractivity contribution in [1.29, 1.82) is 0 Å². The molecule has 0 aromatic carbocycles. The van der Waals surface area contributed by atoms with Gasteiger partial charge >= 0.3 is 0 Å². The Bertz CT molecular complexity index is 394. The molecule has 2 bridgehead atoms. The smallest absolute Gasteiger partial charge is 0.0247 e. The second-order valence-electron chi connectivity index (χ2n) is 9.81. The van der Waals surface area contributed by atoms with Crippen LogP contribution in [0.2, 0.25) is 0 Å². The summed E-state index contributed by atoms with van der Waals surface area (Å²) in [6, 6.07) is 2.38. The van der Waals surface area contributed by atoms with Gasteiger partial charge in [-0.15, -0.1) is 0 Å². The van der Waals surface area contributed by atoms with E-state index in [2.05, 4.69) is 44.8 Å². The van der Waals surface area contributed by atoms with Crippen molar-refractivity contribution in [2.45, 2.75) is 72.0 Å². The molecular formula is C19H34N2. The van der Waals surface area contributed by atoms with Crippen molar-refractivity contribution in [3.63, 3.8) is 0 Å². The van der Waals surface area contributed by atoms with Crippen molar-refractivity contribution in [1.82, 2.24) is 10.2 Å². The van der Waals surface area contributed by atoms with Crippen molar-refractivity contribution in [2.24, 2.45) is 35.0 Å². The third-order valence-electron chi connectivity index (χ3n) is 7.29. The monoisotopic (exact) mass is 290 g/mol. The van der Waals surface area contributed by atoms with Crippen LogP contribution >= 0.6 is 0 Å². The highest BCUT2D eigenvalue weighted by Gasteiger charge is 2.67. The summed E-state index contributed by atoms with van der Waals surface area (Å²) in [6.45, 7) is 14.5. The molecule has 0 aromatic rings. The predicted molar refractivity (Wildman–Crippen MR) is 88.2 cm³/mol. The van der Waals surface area contributed by atoms with Gasteiger partial charge in [0.15, 0.2) is 0 Å². The molecule has 0 amide bonds. The maximum Gasteiger partial charge on any atom is 0.0247 e. The van der Waals surface area contributed by atoms with E-state index in [9.17, 15) is 0 Å². The lowest BCUT2D eigenvalue weighted by molar-refractivity contribution is 0.0438. The van der Waals surface area contributed by atoms with Gasteiger partial charge in [0.2, 0.25) is 0 Å². The maximum atomic E-state index is 3.87. The minimum absolute atomic E-state index is 0.378. The first kappa shape index (κ1) is 14.5. The summed E-state index contributed by atoms with van der Waals surface area (Å²) < 4.78 is 0. The topological polar surface area (TPSA) is 15.3 Å². The molecule has 1 saturated heterocycles. The van der Waals surface area contributed by atoms with Gasteiger partial charge in [-0.25, -0.2) is 0 Å². The van der Waals surface area contributed by atoms with Crippen molar-refractivity contribution < 1.29 is 0 Å². The van der Waals surface area contributed by atoms with E-state index < -0.39 is 0 Å². The van der Waals surface area contributed by atoms with E-state index in [-0.39, 0.29) is 0 Å². The van der Waals surface area contributed by atoms with Crippen LogP contribution in [-0.2, 0) is 0 Å². The fraction of sp³-hybridized carbons (Fsp3) is 1.00. The van der Waals surface area contributed by atoms with Crippen molar-refractivity contribution in [3.05, 3.63) is 0 Å². The highest BCUT2D eigenvalue weighted by atomic mass is 15.3. The fourth-order valence-electron chi connectivity index (χ4n) is 6.05. The SMILES string of the molecule is CC(C)C1CNC(C(C)(C)C)CN1C1C2C3CCC(C3)C21. The molecule has 21 heavy (non-hydrogen) atoms. The second kappa shape index (κ2) is 4.71. The first-order valence-electron chi connectivity index (χ1n) is 9.37. The van der Waals surface area contributed by atoms with Crippen LogP contribution in [0.5, 0.6) is 0 Å². The Hall–Kier alpha value is -0.0800. The highest BCUT2D eigenvalue weighted by molar-refractivity contribution is 5.19. The molecule has 6 unspecified atom stereocenters. The molecule has 0 radical (unpaired) electrons. The molecule has 2 nitrogen and oxygen atoms in total. The number of fused-ring (bicyclic) bond motifs is 5. The van der Waals surface area contributed by atoms with Crippen LogP contribution < -0.4 is 5.32 Å². The zero-order chi connectivity index (χ0) is 14.9. The number of rotatable bonds is 2. The number of hydrogen-bond donors (Lipinski definition) is 1. The summed E-state index contributed by atoms with van der Waals surface area (Å²) >= 11 is 0. The van der Waals surface area contributed by atoms with E-state index in [0.29, 0.717) is 11.5 Å². The average molecular weight is 290 g/mol. The molecule has 3 aliphatic carbocycles. The molecule has 3 saturated carbocycles. The van der Waals surface area contributed by atoms with Gasteiger partial charge in [-0.3, -0.25) is 4.90 Å². The van der Waals surface area contributed by atoms with Crippen LogP contribution in [0.25, 0.3) is 0 Å². The Balaban J connectivity index is 1.53. The number of hydrogen-bond acceptors (Lipinski definition) is 2. The van der Waals surface area contributed by atoms with E-state index >= 15 is 0 Å². The van der Waals surface area contributed by atoms with E-state index in [4.69, 9.17) is 0 Å². The zero-order valence-corrected chi connectivity index (χ0v) is 14.6. The van der Waals surface area contributed by atoms with Gasteiger partial charge in [0.05, 0.1) is 0 Å². The van der Waals surface area contributed by atoms with E-state index in [1.165, 1.54) is 13.1 Å². The van der Waals surface area contributed by atoms with Crippen LogP contribution in [0, 0.1) is 35.0 Å². The van der Waals surface area contributed by atoms with E-state index in [0.717, 1.165) is 41.7 Å². The molecule has 4 fully saturated rings. The molecule has 4 rings (SSSR count). The number of nitrogens with zero attached hydrogens (tertiary/aromatic N) is 1. The lowest BCUT2D eigenvalue weighted by atomic mass is 9.83. The standard InChI is InChI=1S/C19H34N2/c1-11(2)14-9-20-15(19(3,4)5)10-21(14)18-16-12-6-7-13(8-12)17(16)18/h11-18,20H,6-10H2,1-5H3. The lowest BCUT2D eigenvalue weighted by Gasteiger charge is -2.47. The van der Waals surface area contributed by atoms with Crippen LogP contribution in [-0.4, -0.2) is 36.1 Å². The van der Waals surface area contributed by atoms with Crippen molar-refractivity contribution in [3.8, 4) is 0 Å². The molecule has 0 spiro atoms.